The first kappa shape index (κ1) is 16.4. The maximum Gasteiger partial charge on any atom is 0.187 e. The first-order valence-corrected chi connectivity index (χ1v) is 8.30. The van der Waals surface area contributed by atoms with Crippen molar-refractivity contribution < 1.29 is 4.79 Å². The van der Waals surface area contributed by atoms with Crippen molar-refractivity contribution in [3.05, 3.63) is 81.9 Å². The van der Waals surface area contributed by atoms with Gasteiger partial charge in [0.05, 0.1) is 0 Å². The Balaban J connectivity index is 1.98. The van der Waals surface area contributed by atoms with Gasteiger partial charge in [-0.05, 0) is 55.3 Å². The van der Waals surface area contributed by atoms with Gasteiger partial charge in [-0.15, -0.1) is 0 Å². The Bertz CT molecular complexity index is 762. The van der Waals surface area contributed by atoms with E-state index in [-0.39, 0.29) is 5.78 Å². The quantitative estimate of drug-likeness (QED) is 0.770. The fourth-order valence-corrected chi connectivity index (χ4v) is 3.08. The van der Waals surface area contributed by atoms with Crippen LogP contribution in [0.2, 0.25) is 0 Å². The van der Waals surface area contributed by atoms with Gasteiger partial charge in [-0.1, -0.05) is 48.5 Å². The SMILES string of the molecule is Cc1ccccc1/C=C1/CN(C)C/C(=C\c2ccccc2C)C1=O. The fraction of sp³-hybridized carbons (Fsp3) is 0.227. The van der Waals surface area contributed by atoms with E-state index in [0.717, 1.165) is 22.3 Å². The molecule has 0 radical (unpaired) electrons. The van der Waals surface area contributed by atoms with Crippen molar-refractivity contribution in [2.75, 3.05) is 20.1 Å². The number of hydrogen-bond acceptors (Lipinski definition) is 2. The van der Waals surface area contributed by atoms with Gasteiger partial charge in [0.15, 0.2) is 5.78 Å². The van der Waals surface area contributed by atoms with Crippen LogP contribution in [0.25, 0.3) is 12.2 Å². The second kappa shape index (κ2) is 6.98. The van der Waals surface area contributed by atoms with Gasteiger partial charge < -0.3 is 0 Å². The minimum Gasteiger partial charge on any atom is -0.298 e. The number of rotatable bonds is 2. The molecule has 0 aromatic heterocycles. The number of ketones is 1. The zero-order chi connectivity index (χ0) is 17.1. The Labute approximate surface area is 144 Å². The van der Waals surface area contributed by atoms with E-state index in [9.17, 15) is 4.79 Å². The summed E-state index contributed by atoms with van der Waals surface area (Å²) in [6, 6.07) is 16.4. The zero-order valence-electron chi connectivity index (χ0n) is 14.5. The fourth-order valence-electron chi connectivity index (χ4n) is 3.08. The van der Waals surface area contributed by atoms with Crippen LogP contribution in [0, 0.1) is 13.8 Å². The molecular formula is C22H23NO. The summed E-state index contributed by atoms with van der Waals surface area (Å²) in [6.07, 6.45) is 4.08. The minimum absolute atomic E-state index is 0.166. The summed E-state index contributed by atoms with van der Waals surface area (Å²) in [6.45, 7) is 5.54. The molecule has 0 bridgehead atoms. The van der Waals surface area contributed by atoms with E-state index in [4.69, 9.17) is 0 Å². The van der Waals surface area contributed by atoms with Gasteiger partial charge in [-0.3, -0.25) is 9.69 Å². The van der Waals surface area contributed by atoms with Crippen molar-refractivity contribution in [2.24, 2.45) is 0 Å². The summed E-state index contributed by atoms with van der Waals surface area (Å²) >= 11 is 0. The van der Waals surface area contributed by atoms with E-state index in [0.29, 0.717) is 13.1 Å². The summed E-state index contributed by atoms with van der Waals surface area (Å²) in [7, 11) is 2.06. The standard InChI is InChI=1S/C22H23NO/c1-16-8-4-6-10-18(16)12-20-14-23(3)15-21(22(20)24)13-19-11-7-5-9-17(19)2/h4-13H,14-15H2,1-3H3/b20-12-,21-13+. The third-order valence-electron chi connectivity index (χ3n) is 4.50. The van der Waals surface area contributed by atoms with Crippen molar-refractivity contribution in [3.8, 4) is 0 Å². The van der Waals surface area contributed by atoms with E-state index in [2.05, 4.69) is 50.1 Å². The normalized spacial score (nSPS) is 19.2. The third-order valence-corrected chi connectivity index (χ3v) is 4.50. The van der Waals surface area contributed by atoms with E-state index >= 15 is 0 Å². The molecule has 1 heterocycles. The van der Waals surface area contributed by atoms with Crippen molar-refractivity contribution in [2.45, 2.75) is 13.8 Å². The highest BCUT2D eigenvalue weighted by molar-refractivity contribution is 6.14. The predicted molar refractivity (Wildman–Crippen MR) is 101 cm³/mol. The van der Waals surface area contributed by atoms with Gasteiger partial charge in [0.2, 0.25) is 0 Å². The van der Waals surface area contributed by atoms with Gasteiger partial charge >= 0.3 is 0 Å². The van der Waals surface area contributed by atoms with Gasteiger partial charge in [-0.25, -0.2) is 0 Å². The van der Waals surface area contributed by atoms with Crippen molar-refractivity contribution in [1.82, 2.24) is 4.90 Å². The van der Waals surface area contributed by atoms with E-state index in [1.165, 1.54) is 11.1 Å². The molecule has 122 valence electrons. The Kier molecular flexibility index (Phi) is 4.77. The average Bonchev–Trinajstić information content (AvgIpc) is 2.56. The van der Waals surface area contributed by atoms with Crippen LogP contribution in [0.1, 0.15) is 22.3 Å². The van der Waals surface area contributed by atoms with Crippen molar-refractivity contribution in [3.63, 3.8) is 0 Å². The smallest absolute Gasteiger partial charge is 0.187 e. The van der Waals surface area contributed by atoms with Crippen LogP contribution in [0.4, 0.5) is 0 Å². The number of aryl methyl sites for hydroxylation is 2. The Morgan fingerprint density at radius 2 is 1.21 bits per heavy atom. The number of piperidine rings is 1. The lowest BCUT2D eigenvalue weighted by atomic mass is 9.93. The molecule has 1 aliphatic rings. The number of Topliss-reactive ketones (excluding diaryl/α,β-unsaturated/α-hetero) is 1. The highest BCUT2D eigenvalue weighted by atomic mass is 16.1. The number of benzene rings is 2. The molecule has 0 aliphatic carbocycles. The highest BCUT2D eigenvalue weighted by Gasteiger charge is 2.24. The number of hydrogen-bond donors (Lipinski definition) is 0. The predicted octanol–water partition coefficient (Wildman–Crippen LogP) is 4.28. The number of likely N-dealkylation sites (N-methyl/N-ethyl adjacent to an activating group) is 1. The molecule has 2 aromatic rings. The first-order chi connectivity index (χ1) is 11.5. The average molecular weight is 317 g/mol. The number of nitrogens with zero attached hydrogens (tertiary/aromatic N) is 1. The maximum atomic E-state index is 12.9. The summed E-state index contributed by atoms with van der Waals surface area (Å²) in [5.74, 6) is 0.166. The topological polar surface area (TPSA) is 20.3 Å². The zero-order valence-corrected chi connectivity index (χ0v) is 14.5. The molecule has 2 aromatic carbocycles. The summed E-state index contributed by atoms with van der Waals surface area (Å²) < 4.78 is 0. The molecule has 0 unspecified atom stereocenters. The number of likely N-dealkylation sites (tertiary alicyclic amines) is 1. The lowest BCUT2D eigenvalue weighted by Gasteiger charge is -2.26. The Morgan fingerprint density at radius 3 is 1.62 bits per heavy atom. The minimum atomic E-state index is 0.166. The molecule has 1 fully saturated rings. The van der Waals surface area contributed by atoms with Gasteiger partial charge in [-0.2, -0.15) is 0 Å². The van der Waals surface area contributed by atoms with Crippen LogP contribution in [0.5, 0.6) is 0 Å². The first-order valence-electron chi connectivity index (χ1n) is 8.30. The summed E-state index contributed by atoms with van der Waals surface area (Å²) in [5, 5.41) is 0. The molecular weight excluding hydrogens is 294 g/mol. The number of carbonyl (C=O) groups excluding carboxylic acids is 1. The maximum absolute atomic E-state index is 12.9. The van der Waals surface area contributed by atoms with Crippen molar-refractivity contribution >= 4 is 17.9 Å². The molecule has 1 saturated heterocycles. The van der Waals surface area contributed by atoms with Crippen LogP contribution in [0.15, 0.2) is 59.7 Å². The van der Waals surface area contributed by atoms with Crippen LogP contribution >= 0.6 is 0 Å². The molecule has 3 rings (SSSR count). The molecule has 1 aliphatic heterocycles. The van der Waals surface area contributed by atoms with Gasteiger partial charge in [0, 0.05) is 24.2 Å². The van der Waals surface area contributed by atoms with E-state index in [1.54, 1.807) is 0 Å². The molecule has 0 amide bonds. The van der Waals surface area contributed by atoms with Crippen LogP contribution < -0.4 is 0 Å². The van der Waals surface area contributed by atoms with Crippen LogP contribution in [-0.4, -0.2) is 30.8 Å². The molecule has 2 heteroatoms. The Hall–Kier alpha value is -2.45. The molecule has 2 nitrogen and oxygen atoms in total. The largest absolute Gasteiger partial charge is 0.298 e. The molecule has 0 atom stereocenters. The van der Waals surface area contributed by atoms with E-state index in [1.807, 2.05) is 36.4 Å². The van der Waals surface area contributed by atoms with Crippen LogP contribution in [0.3, 0.4) is 0 Å². The summed E-state index contributed by atoms with van der Waals surface area (Å²) in [4.78, 5) is 15.1. The second-order valence-corrected chi connectivity index (χ2v) is 6.55. The monoisotopic (exact) mass is 317 g/mol. The molecule has 0 spiro atoms. The lowest BCUT2D eigenvalue weighted by Crippen LogP contribution is -2.34. The second-order valence-electron chi connectivity index (χ2n) is 6.55. The van der Waals surface area contributed by atoms with Gasteiger partial charge in [0.1, 0.15) is 0 Å². The molecule has 24 heavy (non-hydrogen) atoms. The van der Waals surface area contributed by atoms with Gasteiger partial charge in [0.25, 0.3) is 0 Å². The lowest BCUT2D eigenvalue weighted by molar-refractivity contribution is -0.113. The highest BCUT2D eigenvalue weighted by Crippen LogP contribution is 2.23. The van der Waals surface area contributed by atoms with Crippen LogP contribution in [-0.2, 0) is 4.79 Å². The third kappa shape index (κ3) is 3.55. The molecule has 0 N–H and O–H groups in total. The van der Waals surface area contributed by atoms with E-state index < -0.39 is 0 Å². The summed E-state index contributed by atoms with van der Waals surface area (Å²) in [5.41, 5.74) is 6.33. The Morgan fingerprint density at radius 1 is 0.792 bits per heavy atom. The molecule has 0 saturated carbocycles. The number of carbonyl (C=O) groups is 1. The van der Waals surface area contributed by atoms with Crippen molar-refractivity contribution in [1.29, 1.82) is 0 Å².